The lowest BCUT2D eigenvalue weighted by molar-refractivity contribution is 0.199. The van der Waals surface area contributed by atoms with E-state index in [1.165, 1.54) is 0 Å². The molecule has 0 bridgehead atoms. The van der Waals surface area contributed by atoms with Crippen LogP contribution in [-0.4, -0.2) is 53.2 Å². The summed E-state index contributed by atoms with van der Waals surface area (Å²) in [6.45, 7) is 2.28. The van der Waals surface area contributed by atoms with Crippen LogP contribution in [0.1, 0.15) is 35.6 Å². The van der Waals surface area contributed by atoms with Crippen LogP contribution in [0.15, 0.2) is 55.0 Å². The van der Waals surface area contributed by atoms with Gasteiger partial charge in [-0.1, -0.05) is 18.2 Å². The molecule has 10 heteroatoms. The van der Waals surface area contributed by atoms with Crippen LogP contribution < -0.4 is 20.7 Å². The number of fused-ring (bicyclic) bond motifs is 1. The maximum absolute atomic E-state index is 12.6. The topological polar surface area (TPSA) is 120 Å². The van der Waals surface area contributed by atoms with Crippen molar-refractivity contribution in [3.63, 3.8) is 0 Å². The number of amides is 1. The molecule has 3 heterocycles. The van der Waals surface area contributed by atoms with Crippen molar-refractivity contribution < 1.29 is 14.3 Å². The van der Waals surface area contributed by atoms with Crippen molar-refractivity contribution in [2.24, 2.45) is 0 Å². The van der Waals surface area contributed by atoms with Gasteiger partial charge in [-0.15, -0.1) is 0 Å². The SMILES string of the molecule is COCCN(C)c1ccc(Cn2cc(OC(=O)NCc3ccc4c(N)nccc4c3)c(C3CC3)n2)cn1. The van der Waals surface area contributed by atoms with E-state index < -0.39 is 6.09 Å². The zero-order valence-corrected chi connectivity index (χ0v) is 21.1. The Balaban J connectivity index is 1.21. The molecule has 37 heavy (non-hydrogen) atoms. The molecular formula is C27H31N7O3. The van der Waals surface area contributed by atoms with Gasteiger partial charge in [-0.3, -0.25) is 4.68 Å². The molecule has 0 atom stereocenters. The Morgan fingerprint density at radius 2 is 2.03 bits per heavy atom. The van der Waals surface area contributed by atoms with E-state index in [1.54, 1.807) is 19.5 Å². The van der Waals surface area contributed by atoms with Crippen LogP contribution in [0, 0.1) is 0 Å². The lowest BCUT2D eigenvalue weighted by atomic mass is 10.1. The second-order valence-electron chi connectivity index (χ2n) is 9.28. The third-order valence-electron chi connectivity index (χ3n) is 6.39. The van der Waals surface area contributed by atoms with Gasteiger partial charge in [0.1, 0.15) is 17.3 Å². The summed E-state index contributed by atoms with van der Waals surface area (Å²) in [5, 5.41) is 9.41. The van der Waals surface area contributed by atoms with E-state index in [9.17, 15) is 4.79 Å². The molecule has 5 rings (SSSR count). The quantitative estimate of drug-likeness (QED) is 0.337. The van der Waals surface area contributed by atoms with Crippen molar-refractivity contribution in [3.05, 3.63) is 71.8 Å². The molecule has 1 aliphatic carbocycles. The molecule has 0 saturated heterocycles. The number of carbonyl (C=O) groups is 1. The molecule has 1 saturated carbocycles. The minimum absolute atomic E-state index is 0.332. The summed E-state index contributed by atoms with van der Waals surface area (Å²) in [5.41, 5.74) is 8.70. The highest BCUT2D eigenvalue weighted by atomic mass is 16.6. The monoisotopic (exact) mass is 501 g/mol. The molecule has 1 aromatic carbocycles. The second kappa shape index (κ2) is 10.8. The van der Waals surface area contributed by atoms with Crippen LogP contribution in [0.2, 0.25) is 0 Å². The van der Waals surface area contributed by atoms with Gasteiger partial charge in [0.25, 0.3) is 0 Å². The lowest BCUT2D eigenvalue weighted by Crippen LogP contribution is -2.26. The van der Waals surface area contributed by atoms with Crippen molar-refractivity contribution in [2.75, 3.05) is 37.9 Å². The standard InChI is InChI=1S/C27H31N7O3/c1-33(11-12-36-2)24-8-4-19(15-30-24)16-34-17-23(25(32-34)20-5-6-20)37-27(35)31-14-18-3-7-22-21(13-18)9-10-29-26(22)28/h3-4,7-10,13,15,17,20H,5-6,11-12,14,16H2,1-2H3,(H2,28,29)(H,31,35). The molecule has 0 aliphatic heterocycles. The largest absolute Gasteiger partial charge is 0.412 e. The van der Waals surface area contributed by atoms with E-state index in [4.69, 9.17) is 20.3 Å². The van der Waals surface area contributed by atoms with Crippen LogP contribution in [0.25, 0.3) is 10.8 Å². The average molecular weight is 502 g/mol. The highest BCUT2D eigenvalue weighted by Crippen LogP contribution is 2.43. The first-order valence-electron chi connectivity index (χ1n) is 12.3. The molecule has 0 spiro atoms. The molecule has 192 valence electrons. The number of carbonyl (C=O) groups excluding carboxylic acids is 1. The number of nitrogens with zero attached hydrogens (tertiary/aromatic N) is 5. The number of pyridine rings is 2. The fraction of sp³-hybridized carbons (Fsp3) is 0.333. The third-order valence-corrected chi connectivity index (χ3v) is 6.39. The van der Waals surface area contributed by atoms with E-state index in [1.807, 2.05) is 59.2 Å². The zero-order chi connectivity index (χ0) is 25.8. The summed E-state index contributed by atoms with van der Waals surface area (Å²) < 4.78 is 12.6. The van der Waals surface area contributed by atoms with E-state index in [2.05, 4.69) is 15.3 Å². The molecular weight excluding hydrogens is 470 g/mol. The van der Waals surface area contributed by atoms with Crippen LogP contribution >= 0.6 is 0 Å². The number of nitrogen functional groups attached to an aromatic ring is 1. The molecule has 1 aliphatic rings. The van der Waals surface area contributed by atoms with E-state index in [0.29, 0.717) is 37.2 Å². The highest BCUT2D eigenvalue weighted by molar-refractivity contribution is 5.91. The summed E-state index contributed by atoms with van der Waals surface area (Å²) in [4.78, 5) is 23.3. The number of anilines is 2. The van der Waals surface area contributed by atoms with Gasteiger partial charge >= 0.3 is 6.09 Å². The van der Waals surface area contributed by atoms with Crippen LogP contribution in [0.3, 0.4) is 0 Å². The molecule has 1 fully saturated rings. The highest BCUT2D eigenvalue weighted by Gasteiger charge is 2.31. The maximum atomic E-state index is 12.6. The minimum atomic E-state index is -0.513. The first-order chi connectivity index (χ1) is 18.0. The summed E-state index contributed by atoms with van der Waals surface area (Å²) in [7, 11) is 3.67. The minimum Gasteiger partial charge on any atom is -0.407 e. The van der Waals surface area contributed by atoms with Crippen LogP contribution in [0.4, 0.5) is 16.4 Å². The van der Waals surface area contributed by atoms with E-state index in [-0.39, 0.29) is 0 Å². The van der Waals surface area contributed by atoms with Gasteiger partial charge in [0.2, 0.25) is 0 Å². The Morgan fingerprint density at radius 1 is 1.19 bits per heavy atom. The number of methoxy groups -OCH3 is 1. The Labute approximate surface area is 215 Å². The number of aromatic nitrogens is 4. The third kappa shape index (κ3) is 5.97. The van der Waals surface area contributed by atoms with Gasteiger partial charge in [-0.05, 0) is 47.6 Å². The van der Waals surface area contributed by atoms with Crippen molar-refractivity contribution in [2.45, 2.75) is 31.8 Å². The predicted molar refractivity (Wildman–Crippen MR) is 142 cm³/mol. The van der Waals surface area contributed by atoms with Gasteiger partial charge in [-0.25, -0.2) is 14.8 Å². The van der Waals surface area contributed by atoms with Gasteiger partial charge in [-0.2, -0.15) is 5.10 Å². The Hall–Kier alpha value is -4.18. The zero-order valence-electron chi connectivity index (χ0n) is 21.1. The first-order valence-corrected chi connectivity index (χ1v) is 12.3. The molecule has 0 unspecified atom stereocenters. The Morgan fingerprint density at radius 3 is 2.78 bits per heavy atom. The number of ether oxygens (including phenoxy) is 2. The molecule has 10 nitrogen and oxygen atoms in total. The predicted octanol–water partition coefficient (Wildman–Crippen LogP) is 3.71. The van der Waals surface area contributed by atoms with Crippen molar-refractivity contribution in [1.29, 1.82) is 0 Å². The number of rotatable bonds is 10. The van der Waals surface area contributed by atoms with Crippen molar-refractivity contribution in [3.8, 4) is 5.75 Å². The fourth-order valence-electron chi connectivity index (χ4n) is 4.15. The number of benzene rings is 1. The molecule has 3 N–H and O–H groups in total. The van der Waals surface area contributed by atoms with E-state index >= 15 is 0 Å². The maximum Gasteiger partial charge on any atom is 0.412 e. The van der Waals surface area contributed by atoms with Crippen LogP contribution in [-0.2, 0) is 17.8 Å². The number of likely N-dealkylation sites (N-methyl/N-ethyl adjacent to an activating group) is 1. The van der Waals surface area contributed by atoms with Gasteiger partial charge in [0.15, 0.2) is 5.75 Å². The van der Waals surface area contributed by atoms with Crippen LogP contribution in [0.5, 0.6) is 5.75 Å². The molecule has 3 aromatic heterocycles. The van der Waals surface area contributed by atoms with Gasteiger partial charge < -0.3 is 25.4 Å². The molecule has 0 radical (unpaired) electrons. The first kappa shape index (κ1) is 24.5. The second-order valence-corrected chi connectivity index (χ2v) is 9.28. The lowest BCUT2D eigenvalue weighted by Gasteiger charge is -2.17. The molecule has 1 amide bonds. The Bertz CT molecular complexity index is 1380. The summed E-state index contributed by atoms with van der Waals surface area (Å²) >= 11 is 0. The Kier molecular flexibility index (Phi) is 7.18. The average Bonchev–Trinajstić information content (AvgIpc) is 3.68. The number of nitrogens with two attached hydrogens (primary N) is 1. The summed E-state index contributed by atoms with van der Waals surface area (Å²) in [5.74, 6) is 2.20. The smallest absolute Gasteiger partial charge is 0.407 e. The summed E-state index contributed by atoms with van der Waals surface area (Å²) in [6, 6.07) is 11.7. The number of nitrogens with one attached hydrogen (secondary N) is 1. The number of hydrogen-bond acceptors (Lipinski definition) is 8. The summed E-state index contributed by atoms with van der Waals surface area (Å²) in [6.07, 6.45) is 6.89. The van der Waals surface area contributed by atoms with Crippen molar-refractivity contribution in [1.82, 2.24) is 25.1 Å². The fourth-order valence-corrected chi connectivity index (χ4v) is 4.15. The van der Waals surface area contributed by atoms with E-state index in [0.717, 1.165) is 52.8 Å². The normalized spacial score (nSPS) is 13.0. The van der Waals surface area contributed by atoms with Crippen molar-refractivity contribution >= 4 is 28.5 Å². The van der Waals surface area contributed by atoms with Gasteiger partial charge in [0.05, 0.1) is 19.3 Å². The number of hydrogen-bond donors (Lipinski definition) is 2. The molecule has 4 aromatic rings. The van der Waals surface area contributed by atoms with Gasteiger partial charge in [0, 0.05) is 50.9 Å².